The van der Waals surface area contributed by atoms with Crippen LogP contribution in [0.5, 0.6) is 17.2 Å². The number of carbonyl (C=O) groups is 1. The Morgan fingerprint density at radius 3 is 2.30 bits per heavy atom. The maximum absolute atomic E-state index is 12.3. The van der Waals surface area contributed by atoms with Crippen molar-refractivity contribution in [3.8, 4) is 17.2 Å². The van der Waals surface area contributed by atoms with Crippen molar-refractivity contribution < 1.29 is 19.0 Å². The Kier molecular flexibility index (Phi) is 9.15. The molecule has 0 aliphatic carbocycles. The van der Waals surface area contributed by atoms with Gasteiger partial charge in [0.25, 0.3) is 5.91 Å². The predicted molar refractivity (Wildman–Crippen MR) is 134 cm³/mol. The molecule has 0 atom stereocenters. The van der Waals surface area contributed by atoms with Gasteiger partial charge in [0, 0.05) is 23.2 Å². The Hall–Kier alpha value is -3.03. The van der Waals surface area contributed by atoms with Crippen molar-refractivity contribution in [2.75, 3.05) is 25.6 Å². The zero-order valence-electron chi connectivity index (χ0n) is 19.1. The van der Waals surface area contributed by atoms with E-state index in [0.29, 0.717) is 24.7 Å². The van der Waals surface area contributed by atoms with Gasteiger partial charge < -0.3 is 24.8 Å². The number of rotatable bonds is 11. The van der Waals surface area contributed by atoms with Crippen LogP contribution in [0.1, 0.15) is 23.6 Å². The maximum Gasteiger partial charge on any atom is 0.262 e. The lowest BCUT2D eigenvalue weighted by atomic mass is 10.1. The Morgan fingerprint density at radius 2 is 1.64 bits per heavy atom. The number of benzene rings is 3. The molecule has 0 aromatic heterocycles. The molecule has 7 heteroatoms. The van der Waals surface area contributed by atoms with Crippen molar-refractivity contribution >= 4 is 27.5 Å². The van der Waals surface area contributed by atoms with E-state index < -0.39 is 0 Å². The van der Waals surface area contributed by atoms with Crippen LogP contribution >= 0.6 is 15.9 Å². The molecule has 0 aliphatic heterocycles. The minimum Gasteiger partial charge on any atom is -0.497 e. The molecule has 0 unspecified atom stereocenters. The first-order valence-corrected chi connectivity index (χ1v) is 11.6. The van der Waals surface area contributed by atoms with Gasteiger partial charge in [-0.3, -0.25) is 4.79 Å². The second kappa shape index (κ2) is 12.3. The lowest BCUT2D eigenvalue weighted by molar-refractivity contribution is -0.118. The minimum absolute atomic E-state index is 0.116. The van der Waals surface area contributed by atoms with E-state index in [1.54, 1.807) is 7.11 Å². The van der Waals surface area contributed by atoms with Crippen LogP contribution in [-0.4, -0.2) is 26.2 Å². The fourth-order valence-corrected chi connectivity index (χ4v) is 3.62. The van der Waals surface area contributed by atoms with Gasteiger partial charge >= 0.3 is 0 Å². The zero-order chi connectivity index (χ0) is 23.6. The molecule has 3 aromatic rings. The summed E-state index contributed by atoms with van der Waals surface area (Å²) >= 11 is 3.61. The molecule has 0 aliphatic rings. The summed E-state index contributed by atoms with van der Waals surface area (Å²) in [6, 6.07) is 19.4. The van der Waals surface area contributed by atoms with Crippen LogP contribution in [0.3, 0.4) is 0 Å². The van der Waals surface area contributed by atoms with E-state index in [4.69, 9.17) is 14.2 Å². The molecule has 0 saturated carbocycles. The van der Waals surface area contributed by atoms with Crippen LogP contribution < -0.4 is 24.8 Å². The molecule has 2 N–H and O–H groups in total. The number of hydrogen-bond acceptors (Lipinski definition) is 5. The van der Waals surface area contributed by atoms with Crippen molar-refractivity contribution in [2.24, 2.45) is 0 Å². The largest absolute Gasteiger partial charge is 0.497 e. The fraction of sp³-hybridized carbons (Fsp3) is 0.269. The summed E-state index contributed by atoms with van der Waals surface area (Å²) in [6.45, 7) is 5.65. The highest BCUT2D eigenvalue weighted by atomic mass is 79.9. The average molecular weight is 513 g/mol. The fourth-order valence-electron chi connectivity index (χ4n) is 3.16. The molecule has 6 nitrogen and oxygen atoms in total. The Morgan fingerprint density at radius 1 is 0.939 bits per heavy atom. The summed E-state index contributed by atoms with van der Waals surface area (Å²) in [5.74, 6) is 1.72. The number of carbonyl (C=O) groups excluding carboxylic acids is 1. The molecule has 0 bridgehead atoms. The van der Waals surface area contributed by atoms with Crippen LogP contribution in [0.2, 0.25) is 0 Å². The van der Waals surface area contributed by atoms with Crippen molar-refractivity contribution in [2.45, 2.75) is 26.9 Å². The molecule has 3 rings (SSSR count). The maximum atomic E-state index is 12.3. The van der Waals surface area contributed by atoms with Gasteiger partial charge in [-0.05, 0) is 61.4 Å². The van der Waals surface area contributed by atoms with E-state index in [2.05, 4.69) is 26.6 Å². The van der Waals surface area contributed by atoms with Gasteiger partial charge in [0.1, 0.15) is 5.75 Å². The van der Waals surface area contributed by atoms with Gasteiger partial charge in [0.05, 0.1) is 13.7 Å². The van der Waals surface area contributed by atoms with E-state index in [9.17, 15) is 4.79 Å². The standard InChI is InChI=1S/C26H29BrN2O4/c1-4-32-24-13-20(16-28-15-19-7-11-22(31-3)12-8-19)23(27)14-25(24)33-17-26(30)29-21-9-5-18(2)6-10-21/h5-14,28H,4,15-17H2,1-3H3,(H,29,30). The first-order chi connectivity index (χ1) is 16.0. The number of aryl methyl sites for hydroxylation is 1. The average Bonchev–Trinajstić information content (AvgIpc) is 2.82. The van der Waals surface area contributed by atoms with Gasteiger partial charge in [-0.15, -0.1) is 0 Å². The second-order valence-electron chi connectivity index (χ2n) is 7.48. The molecule has 3 aromatic carbocycles. The monoisotopic (exact) mass is 512 g/mol. The summed E-state index contributed by atoms with van der Waals surface area (Å²) < 4.78 is 17.6. The van der Waals surface area contributed by atoms with Gasteiger partial charge in [0.2, 0.25) is 0 Å². The number of ether oxygens (including phenoxy) is 3. The van der Waals surface area contributed by atoms with Gasteiger partial charge in [-0.25, -0.2) is 0 Å². The number of methoxy groups -OCH3 is 1. The summed E-state index contributed by atoms with van der Waals surface area (Å²) in [5.41, 5.74) is 4.06. The normalized spacial score (nSPS) is 10.5. The third kappa shape index (κ3) is 7.51. The first kappa shape index (κ1) is 24.6. The molecule has 0 heterocycles. The van der Waals surface area contributed by atoms with Crippen LogP contribution in [0, 0.1) is 6.92 Å². The Labute approximate surface area is 203 Å². The topological polar surface area (TPSA) is 68.8 Å². The van der Waals surface area contributed by atoms with E-state index in [1.807, 2.05) is 74.5 Å². The molecule has 0 saturated heterocycles. The third-order valence-corrected chi connectivity index (χ3v) is 5.65. The lowest BCUT2D eigenvalue weighted by Crippen LogP contribution is -2.20. The van der Waals surface area contributed by atoms with E-state index in [-0.39, 0.29) is 12.5 Å². The highest BCUT2D eigenvalue weighted by Gasteiger charge is 2.13. The first-order valence-electron chi connectivity index (χ1n) is 10.8. The van der Waals surface area contributed by atoms with Gasteiger partial charge in [-0.1, -0.05) is 45.8 Å². The molecule has 0 fully saturated rings. The second-order valence-corrected chi connectivity index (χ2v) is 8.33. The summed E-state index contributed by atoms with van der Waals surface area (Å²) in [4.78, 5) is 12.3. The molecule has 33 heavy (non-hydrogen) atoms. The highest BCUT2D eigenvalue weighted by Crippen LogP contribution is 2.34. The molecule has 0 radical (unpaired) electrons. The Balaban J connectivity index is 1.59. The SMILES string of the molecule is CCOc1cc(CNCc2ccc(OC)cc2)c(Br)cc1OCC(=O)Nc1ccc(C)cc1. The molecular weight excluding hydrogens is 484 g/mol. The van der Waals surface area contributed by atoms with Gasteiger partial charge in [-0.2, -0.15) is 0 Å². The molecular formula is C26H29BrN2O4. The summed E-state index contributed by atoms with van der Waals surface area (Å²) in [7, 11) is 1.66. The number of anilines is 1. The van der Waals surface area contributed by atoms with Crippen LogP contribution in [-0.2, 0) is 17.9 Å². The van der Waals surface area contributed by atoms with Crippen molar-refractivity contribution in [1.29, 1.82) is 0 Å². The van der Waals surface area contributed by atoms with E-state index in [1.165, 1.54) is 0 Å². The summed E-state index contributed by atoms with van der Waals surface area (Å²) in [5, 5.41) is 6.27. The number of hydrogen-bond donors (Lipinski definition) is 2. The van der Waals surface area contributed by atoms with Crippen LogP contribution in [0.4, 0.5) is 5.69 Å². The predicted octanol–water partition coefficient (Wildman–Crippen LogP) is 5.47. The van der Waals surface area contributed by atoms with E-state index in [0.717, 1.165) is 39.1 Å². The lowest BCUT2D eigenvalue weighted by Gasteiger charge is -2.15. The van der Waals surface area contributed by atoms with Crippen molar-refractivity contribution in [3.63, 3.8) is 0 Å². The number of halogens is 1. The van der Waals surface area contributed by atoms with Crippen molar-refractivity contribution in [3.05, 3.63) is 81.8 Å². The van der Waals surface area contributed by atoms with Crippen LogP contribution in [0.25, 0.3) is 0 Å². The smallest absolute Gasteiger partial charge is 0.262 e. The molecule has 174 valence electrons. The molecule has 1 amide bonds. The Bertz CT molecular complexity index is 1050. The number of nitrogens with one attached hydrogen (secondary N) is 2. The van der Waals surface area contributed by atoms with Gasteiger partial charge in [0.15, 0.2) is 18.1 Å². The third-order valence-electron chi connectivity index (χ3n) is 4.91. The minimum atomic E-state index is -0.234. The van der Waals surface area contributed by atoms with Crippen molar-refractivity contribution in [1.82, 2.24) is 5.32 Å². The zero-order valence-corrected chi connectivity index (χ0v) is 20.7. The quantitative estimate of drug-likeness (QED) is 0.356. The van der Waals surface area contributed by atoms with E-state index >= 15 is 0 Å². The summed E-state index contributed by atoms with van der Waals surface area (Å²) in [6.07, 6.45) is 0. The number of amides is 1. The van der Waals surface area contributed by atoms with Crippen LogP contribution in [0.15, 0.2) is 65.1 Å². The highest BCUT2D eigenvalue weighted by molar-refractivity contribution is 9.10. The molecule has 0 spiro atoms.